The summed E-state index contributed by atoms with van der Waals surface area (Å²) in [4.78, 5) is 29.8. The van der Waals surface area contributed by atoms with Gasteiger partial charge in [-0.05, 0) is 11.6 Å². The SMILES string of the molecule is Cn1c(=O)c2c(nc3n(Cc4ccccc4F)c(-c4ccccc4)cn23)n(C)c1=O. The minimum atomic E-state index is -0.447. The molecule has 0 amide bonds. The van der Waals surface area contributed by atoms with Crippen molar-refractivity contribution in [2.45, 2.75) is 6.54 Å². The molecule has 0 aliphatic heterocycles. The molecule has 0 radical (unpaired) electrons. The third-order valence-electron chi connectivity index (χ3n) is 5.41. The first-order chi connectivity index (χ1) is 14.5. The first-order valence-corrected chi connectivity index (χ1v) is 9.43. The first kappa shape index (κ1) is 18.1. The van der Waals surface area contributed by atoms with Gasteiger partial charge in [-0.1, -0.05) is 48.5 Å². The molecule has 30 heavy (non-hydrogen) atoms. The molecular formula is C22H18FN5O2. The monoisotopic (exact) mass is 403 g/mol. The average molecular weight is 403 g/mol. The third kappa shape index (κ3) is 2.53. The topological polar surface area (TPSA) is 66.2 Å². The fraction of sp³-hybridized carbons (Fsp3) is 0.136. The summed E-state index contributed by atoms with van der Waals surface area (Å²) >= 11 is 0. The van der Waals surface area contributed by atoms with Crippen molar-refractivity contribution in [2.24, 2.45) is 14.1 Å². The molecule has 0 saturated carbocycles. The van der Waals surface area contributed by atoms with Crippen LogP contribution in [0.5, 0.6) is 0 Å². The van der Waals surface area contributed by atoms with Crippen LogP contribution in [0.15, 0.2) is 70.4 Å². The number of halogens is 1. The Morgan fingerprint density at radius 3 is 2.37 bits per heavy atom. The number of hydrogen-bond acceptors (Lipinski definition) is 3. The maximum absolute atomic E-state index is 14.4. The van der Waals surface area contributed by atoms with Gasteiger partial charge in [-0.3, -0.25) is 18.3 Å². The Balaban J connectivity index is 1.88. The van der Waals surface area contributed by atoms with Gasteiger partial charge in [-0.15, -0.1) is 0 Å². The van der Waals surface area contributed by atoms with Gasteiger partial charge in [0.15, 0.2) is 11.2 Å². The molecule has 3 aromatic heterocycles. The second-order valence-electron chi connectivity index (χ2n) is 7.22. The predicted molar refractivity (Wildman–Crippen MR) is 112 cm³/mol. The molecule has 150 valence electrons. The van der Waals surface area contributed by atoms with Gasteiger partial charge in [0.25, 0.3) is 5.56 Å². The fourth-order valence-electron chi connectivity index (χ4n) is 3.81. The highest BCUT2D eigenvalue weighted by atomic mass is 19.1. The lowest BCUT2D eigenvalue weighted by atomic mass is 10.1. The van der Waals surface area contributed by atoms with E-state index < -0.39 is 11.2 Å². The molecule has 5 aromatic rings. The Morgan fingerprint density at radius 2 is 1.63 bits per heavy atom. The highest BCUT2D eigenvalue weighted by molar-refractivity contribution is 5.78. The highest BCUT2D eigenvalue weighted by Crippen LogP contribution is 2.26. The summed E-state index contributed by atoms with van der Waals surface area (Å²) in [5.41, 5.74) is 1.93. The van der Waals surface area contributed by atoms with Gasteiger partial charge < -0.3 is 4.57 Å². The molecule has 0 aliphatic rings. The molecule has 8 heteroatoms. The van der Waals surface area contributed by atoms with Crippen molar-refractivity contribution in [3.8, 4) is 11.3 Å². The lowest BCUT2D eigenvalue weighted by molar-refractivity contribution is 0.602. The average Bonchev–Trinajstić information content (AvgIpc) is 3.30. The Labute approximate surface area is 169 Å². The molecule has 0 bridgehead atoms. The molecule has 5 rings (SSSR count). The van der Waals surface area contributed by atoms with Crippen molar-refractivity contribution in [2.75, 3.05) is 0 Å². The van der Waals surface area contributed by atoms with E-state index in [0.717, 1.165) is 15.8 Å². The van der Waals surface area contributed by atoms with Crippen molar-refractivity contribution in [1.29, 1.82) is 0 Å². The molecule has 2 aromatic carbocycles. The van der Waals surface area contributed by atoms with E-state index in [2.05, 4.69) is 4.98 Å². The molecule has 0 saturated heterocycles. The summed E-state index contributed by atoms with van der Waals surface area (Å²) in [7, 11) is 3.02. The number of rotatable bonds is 3. The van der Waals surface area contributed by atoms with Crippen molar-refractivity contribution in [3.63, 3.8) is 0 Å². The highest BCUT2D eigenvalue weighted by Gasteiger charge is 2.21. The summed E-state index contributed by atoms with van der Waals surface area (Å²) in [5.74, 6) is 0.146. The van der Waals surface area contributed by atoms with Gasteiger partial charge in [0.1, 0.15) is 5.82 Å². The van der Waals surface area contributed by atoms with Crippen LogP contribution in [0.25, 0.3) is 28.2 Å². The van der Waals surface area contributed by atoms with Crippen LogP contribution < -0.4 is 11.2 Å². The minimum absolute atomic E-state index is 0.227. The van der Waals surface area contributed by atoms with Gasteiger partial charge in [-0.2, -0.15) is 4.98 Å². The summed E-state index contributed by atoms with van der Waals surface area (Å²) in [6, 6.07) is 16.2. The largest absolute Gasteiger partial charge is 0.332 e. The van der Waals surface area contributed by atoms with Crippen LogP contribution in [-0.4, -0.2) is 23.1 Å². The Morgan fingerprint density at radius 1 is 0.933 bits per heavy atom. The van der Waals surface area contributed by atoms with Crippen molar-refractivity contribution in [3.05, 3.63) is 93.0 Å². The van der Waals surface area contributed by atoms with Gasteiger partial charge in [-0.25, -0.2) is 9.18 Å². The van der Waals surface area contributed by atoms with E-state index in [1.807, 2.05) is 41.1 Å². The number of fused-ring (bicyclic) bond motifs is 3. The summed E-state index contributed by atoms with van der Waals surface area (Å²) in [5, 5.41) is 0. The summed E-state index contributed by atoms with van der Waals surface area (Å²) in [6.07, 6.45) is 1.81. The van der Waals surface area contributed by atoms with Crippen LogP contribution in [0.1, 0.15) is 5.56 Å². The maximum atomic E-state index is 14.4. The van der Waals surface area contributed by atoms with Crippen LogP contribution in [0.3, 0.4) is 0 Å². The van der Waals surface area contributed by atoms with Crippen molar-refractivity contribution >= 4 is 16.9 Å². The zero-order chi connectivity index (χ0) is 21.0. The lowest BCUT2D eigenvalue weighted by Crippen LogP contribution is -2.37. The van der Waals surface area contributed by atoms with Crippen molar-refractivity contribution in [1.82, 2.24) is 23.1 Å². The molecule has 0 spiro atoms. The zero-order valence-electron chi connectivity index (χ0n) is 16.4. The second kappa shape index (κ2) is 6.55. The quantitative estimate of drug-likeness (QED) is 0.465. The summed E-state index contributed by atoms with van der Waals surface area (Å²) in [6.45, 7) is 0.227. The van der Waals surface area contributed by atoms with Crippen LogP contribution in [-0.2, 0) is 20.6 Å². The smallest absolute Gasteiger partial charge is 0.305 e. The predicted octanol–water partition coefficient (Wildman–Crippen LogP) is 2.54. The molecule has 0 unspecified atom stereocenters. The van der Waals surface area contributed by atoms with Crippen LogP contribution in [0, 0.1) is 5.82 Å². The van der Waals surface area contributed by atoms with E-state index in [-0.39, 0.29) is 12.4 Å². The van der Waals surface area contributed by atoms with Crippen LogP contribution in [0.4, 0.5) is 4.39 Å². The van der Waals surface area contributed by atoms with E-state index in [0.29, 0.717) is 22.5 Å². The molecular weight excluding hydrogens is 385 g/mol. The molecule has 0 N–H and O–H groups in total. The minimum Gasteiger partial charge on any atom is -0.305 e. The van der Waals surface area contributed by atoms with E-state index in [4.69, 9.17) is 0 Å². The standard InChI is InChI=1S/C22H18FN5O2/c1-25-19-18(20(29)26(2)22(25)30)28-13-17(14-8-4-3-5-9-14)27(21(28)24-19)12-15-10-6-7-11-16(15)23/h3-11,13H,12H2,1-2H3. The molecule has 7 nitrogen and oxygen atoms in total. The van der Waals surface area contributed by atoms with Gasteiger partial charge in [0.2, 0.25) is 5.78 Å². The molecule has 3 heterocycles. The van der Waals surface area contributed by atoms with E-state index >= 15 is 0 Å². The first-order valence-electron chi connectivity index (χ1n) is 9.43. The zero-order valence-corrected chi connectivity index (χ0v) is 16.4. The van der Waals surface area contributed by atoms with Gasteiger partial charge >= 0.3 is 5.69 Å². The van der Waals surface area contributed by atoms with Crippen molar-refractivity contribution < 1.29 is 4.39 Å². The number of nitrogens with zero attached hydrogens (tertiary/aromatic N) is 5. The summed E-state index contributed by atoms with van der Waals surface area (Å²) < 4.78 is 20.4. The number of aromatic nitrogens is 5. The second-order valence-corrected chi connectivity index (χ2v) is 7.22. The molecule has 0 atom stereocenters. The van der Waals surface area contributed by atoms with Gasteiger partial charge in [0.05, 0.1) is 12.2 Å². The molecule has 0 fully saturated rings. The lowest BCUT2D eigenvalue weighted by Gasteiger charge is -2.10. The van der Waals surface area contributed by atoms with Crippen LogP contribution in [0.2, 0.25) is 0 Å². The number of aryl methyl sites for hydroxylation is 1. The van der Waals surface area contributed by atoms with E-state index in [1.54, 1.807) is 29.6 Å². The number of hydrogen-bond donors (Lipinski definition) is 0. The third-order valence-corrected chi connectivity index (χ3v) is 5.41. The fourth-order valence-corrected chi connectivity index (χ4v) is 3.81. The number of benzene rings is 2. The Hall–Kier alpha value is -3.94. The normalized spacial score (nSPS) is 11.6. The Kier molecular flexibility index (Phi) is 3.95. The number of imidazole rings is 2. The van der Waals surface area contributed by atoms with Crippen LogP contribution >= 0.6 is 0 Å². The molecule has 0 aliphatic carbocycles. The van der Waals surface area contributed by atoms with E-state index in [1.165, 1.54) is 17.7 Å². The Bertz CT molecular complexity index is 1540. The van der Waals surface area contributed by atoms with E-state index in [9.17, 15) is 14.0 Å². The van der Waals surface area contributed by atoms with Gasteiger partial charge in [0, 0.05) is 25.9 Å². The maximum Gasteiger partial charge on any atom is 0.332 e.